The van der Waals surface area contributed by atoms with E-state index in [0.717, 1.165) is 34.8 Å². The van der Waals surface area contributed by atoms with Gasteiger partial charge < -0.3 is 16.0 Å². The van der Waals surface area contributed by atoms with Crippen LogP contribution >= 0.6 is 8.58 Å². The molecule has 1 heterocycles. The van der Waals surface area contributed by atoms with Crippen LogP contribution in [0, 0.1) is 0 Å². The first kappa shape index (κ1) is 8.41. The number of hydrogen-bond acceptors (Lipinski definition) is 3. The van der Waals surface area contributed by atoms with Gasteiger partial charge >= 0.3 is 0 Å². The van der Waals surface area contributed by atoms with Crippen LogP contribution in [0.25, 0.3) is 0 Å². The molecule has 0 saturated carbocycles. The third-order valence-electron chi connectivity index (χ3n) is 1.46. The summed E-state index contributed by atoms with van der Waals surface area (Å²) in [5.41, 5.74) is 0. The number of rotatable bonds is 0. The summed E-state index contributed by atoms with van der Waals surface area (Å²) in [7, 11) is 1.03. The molecule has 3 nitrogen and oxygen atoms in total. The Balaban J connectivity index is 2.00. The van der Waals surface area contributed by atoms with Crippen molar-refractivity contribution in [3.05, 3.63) is 0 Å². The topological polar surface area (TPSA) is 36.1 Å². The standard InChI is InChI=1S/C6H16N3P/c1-3-8-5-10-6-9-4-2-7-1/h7-10H,1-6H2. The average Bonchev–Trinajstić information content (AvgIpc) is 2.01. The average molecular weight is 161 g/mol. The maximum Gasteiger partial charge on any atom is 0.0139 e. The molecule has 1 fully saturated rings. The minimum absolute atomic E-state index is 1.03. The highest BCUT2D eigenvalue weighted by Crippen LogP contribution is 2.02. The molecule has 0 amide bonds. The summed E-state index contributed by atoms with van der Waals surface area (Å²) < 4.78 is 0. The molecule has 0 aliphatic carbocycles. The molecule has 0 spiro atoms. The van der Waals surface area contributed by atoms with E-state index in [9.17, 15) is 0 Å². The molecule has 3 N–H and O–H groups in total. The zero-order chi connectivity index (χ0) is 7.07. The number of nitrogens with one attached hydrogen (secondary N) is 3. The Labute approximate surface area is 64.1 Å². The van der Waals surface area contributed by atoms with Crippen LogP contribution in [0.15, 0.2) is 0 Å². The van der Waals surface area contributed by atoms with Gasteiger partial charge in [-0.2, -0.15) is 0 Å². The van der Waals surface area contributed by atoms with E-state index < -0.39 is 0 Å². The first-order chi connectivity index (χ1) is 5.00. The minimum Gasteiger partial charge on any atom is -0.314 e. The Kier molecular flexibility index (Phi) is 5.08. The molecule has 0 aromatic rings. The fraction of sp³-hybridized carbons (Fsp3) is 1.00. The first-order valence-electron chi connectivity index (χ1n) is 3.83. The van der Waals surface area contributed by atoms with Gasteiger partial charge in [-0.15, -0.1) is 0 Å². The van der Waals surface area contributed by atoms with Crippen LogP contribution in [-0.4, -0.2) is 38.8 Å². The largest absolute Gasteiger partial charge is 0.314 e. The first-order valence-corrected chi connectivity index (χ1v) is 5.24. The van der Waals surface area contributed by atoms with Crippen LogP contribution < -0.4 is 16.0 Å². The molecule has 0 aromatic heterocycles. The smallest absolute Gasteiger partial charge is 0.0139 e. The van der Waals surface area contributed by atoms with E-state index in [1.54, 1.807) is 0 Å². The molecule has 0 radical (unpaired) electrons. The zero-order valence-corrected chi connectivity index (χ0v) is 7.24. The van der Waals surface area contributed by atoms with Gasteiger partial charge in [-0.3, -0.25) is 0 Å². The predicted octanol–water partition coefficient (Wildman–Crippen LogP) is -0.638. The lowest BCUT2D eigenvalue weighted by Gasteiger charge is -2.10. The molecule has 0 aromatic carbocycles. The van der Waals surface area contributed by atoms with E-state index in [1.165, 1.54) is 12.6 Å². The summed E-state index contributed by atoms with van der Waals surface area (Å²) in [5, 5.41) is 10.1. The summed E-state index contributed by atoms with van der Waals surface area (Å²) in [6.45, 7) is 4.44. The Hall–Kier alpha value is 0.310. The Morgan fingerprint density at radius 2 is 1.20 bits per heavy atom. The Morgan fingerprint density at radius 3 is 1.80 bits per heavy atom. The molecule has 0 bridgehead atoms. The highest BCUT2D eigenvalue weighted by atomic mass is 31.1. The van der Waals surface area contributed by atoms with Gasteiger partial charge in [0.1, 0.15) is 0 Å². The molecule has 1 saturated heterocycles. The summed E-state index contributed by atoms with van der Waals surface area (Å²) in [6.07, 6.45) is 2.35. The van der Waals surface area contributed by atoms with Crippen LogP contribution in [-0.2, 0) is 0 Å². The van der Waals surface area contributed by atoms with Gasteiger partial charge in [0.15, 0.2) is 0 Å². The van der Waals surface area contributed by atoms with Crippen molar-refractivity contribution in [2.24, 2.45) is 0 Å². The highest BCUT2D eigenvalue weighted by Gasteiger charge is 1.92. The van der Waals surface area contributed by atoms with E-state index in [4.69, 9.17) is 0 Å². The van der Waals surface area contributed by atoms with E-state index >= 15 is 0 Å². The summed E-state index contributed by atoms with van der Waals surface area (Å²) in [6, 6.07) is 0. The van der Waals surface area contributed by atoms with Crippen LogP contribution in [0.3, 0.4) is 0 Å². The number of hydrogen-bond donors (Lipinski definition) is 3. The molecule has 0 unspecified atom stereocenters. The minimum atomic E-state index is 1.03. The van der Waals surface area contributed by atoms with Crippen LogP contribution in [0.2, 0.25) is 0 Å². The maximum atomic E-state index is 3.36. The van der Waals surface area contributed by atoms with Crippen molar-refractivity contribution in [2.45, 2.75) is 0 Å². The van der Waals surface area contributed by atoms with Gasteiger partial charge in [0, 0.05) is 38.8 Å². The highest BCUT2D eigenvalue weighted by molar-refractivity contribution is 7.37. The van der Waals surface area contributed by atoms with Crippen LogP contribution in [0.4, 0.5) is 0 Å². The lowest BCUT2D eigenvalue weighted by molar-refractivity contribution is 0.611. The summed E-state index contributed by atoms with van der Waals surface area (Å²) >= 11 is 0. The second kappa shape index (κ2) is 6.05. The second-order valence-corrected chi connectivity index (χ2v) is 3.56. The van der Waals surface area contributed by atoms with Crippen LogP contribution in [0.5, 0.6) is 0 Å². The molecule has 4 heteroatoms. The predicted molar refractivity (Wildman–Crippen MR) is 46.9 cm³/mol. The van der Waals surface area contributed by atoms with Crippen molar-refractivity contribution in [1.29, 1.82) is 0 Å². The lowest BCUT2D eigenvalue weighted by atomic mass is 10.5. The monoisotopic (exact) mass is 161 g/mol. The summed E-state index contributed by atoms with van der Waals surface area (Å²) in [5.74, 6) is 0. The molecule has 60 valence electrons. The van der Waals surface area contributed by atoms with E-state index in [0.29, 0.717) is 0 Å². The van der Waals surface area contributed by atoms with Crippen LogP contribution in [0.1, 0.15) is 0 Å². The van der Waals surface area contributed by atoms with Gasteiger partial charge in [-0.05, 0) is 0 Å². The molecule has 1 rings (SSSR count). The van der Waals surface area contributed by atoms with E-state index in [-0.39, 0.29) is 0 Å². The zero-order valence-electron chi connectivity index (χ0n) is 6.24. The van der Waals surface area contributed by atoms with Crippen molar-refractivity contribution >= 4 is 8.58 Å². The normalized spacial score (nSPS) is 24.0. The van der Waals surface area contributed by atoms with Gasteiger partial charge in [0.25, 0.3) is 0 Å². The molecule has 1 aliphatic rings. The molecule has 0 atom stereocenters. The molecule has 10 heavy (non-hydrogen) atoms. The van der Waals surface area contributed by atoms with E-state index in [1.807, 2.05) is 0 Å². The summed E-state index contributed by atoms with van der Waals surface area (Å²) in [4.78, 5) is 0. The molecule has 1 aliphatic heterocycles. The van der Waals surface area contributed by atoms with Gasteiger partial charge in [-0.25, -0.2) is 0 Å². The SMILES string of the molecule is C1CNCPCNCCN1. The van der Waals surface area contributed by atoms with Gasteiger partial charge in [-0.1, -0.05) is 8.58 Å². The Bertz CT molecular complexity index is 46.2. The Morgan fingerprint density at radius 1 is 0.700 bits per heavy atom. The van der Waals surface area contributed by atoms with Crippen molar-refractivity contribution in [3.8, 4) is 0 Å². The van der Waals surface area contributed by atoms with Crippen molar-refractivity contribution in [1.82, 2.24) is 16.0 Å². The fourth-order valence-electron chi connectivity index (χ4n) is 0.895. The molecular formula is C6H16N3P. The fourth-order valence-corrected chi connectivity index (χ4v) is 1.73. The third-order valence-corrected chi connectivity index (χ3v) is 2.46. The van der Waals surface area contributed by atoms with Gasteiger partial charge in [0.2, 0.25) is 0 Å². The van der Waals surface area contributed by atoms with Crippen molar-refractivity contribution in [2.75, 3.05) is 38.8 Å². The van der Waals surface area contributed by atoms with Gasteiger partial charge in [0.05, 0.1) is 0 Å². The quantitative estimate of drug-likeness (QED) is 0.414. The lowest BCUT2D eigenvalue weighted by Crippen LogP contribution is -2.34. The molecular weight excluding hydrogens is 145 g/mol. The second-order valence-electron chi connectivity index (χ2n) is 2.35. The van der Waals surface area contributed by atoms with E-state index in [2.05, 4.69) is 16.0 Å². The third kappa shape index (κ3) is 4.18. The van der Waals surface area contributed by atoms with Crippen molar-refractivity contribution in [3.63, 3.8) is 0 Å². The maximum absolute atomic E-state index is 3.36. The van der Waals surface area contributed by atoms with Crippen molar-refractivity contribution < 1.29 is 0 Å².